The molecule has 0 aliphatic heterocycles. The number of aliphatic hydroxyl groups is 2. The van der Waals surface area contributed by atoms with E-state index in [1.165, 1.54) is 6.92 Å². The van der Waals surface area contributed by atoms with Crippen molar-refractivity contribution >= 4 is 34.6 Å². The van der Waals surface area contributed by atoms with Crippen LogP contribution in [0.1, 0.15) is 26.3 Å². The number of benzene rings is 1. The number of aliphatic hydroxyl groups excluding tert-OH is 2. The molecule has 1 aromatic carbocycles. The highest BCUT2D eigenvalue weighted by Crippen LogP contribution is 2.19. The van der Waals surface area contributed by atoms with Crippen molar-refractivity contribution in [2.75, 3.05) is 6.61 Å². The summed E-state index contributed by atoms with van der Waals surface area (Å²) in [5, 5.41) is 36.3. The molecule has 3 amide bonds. The average Bonchev–Trinajstić information content (AvgIpc) is 3.21. The Labute approximate surface area is 202 Å². The Kier molecular flexibility index (Phi) is 9.75. The summed E-state index contributed by atoms with van der Waals surface area (Å²) in [4.78, 5) is 52.9. The number of para-hydroxylation sites is 1. The number of carboxylic acid groups (broad SMARTS) is 1. The molecule has 5 atom stereocenters. The lowest BCUT2D eigenvalue weighted by Crippen LogP contribution is -2.60. The smallest absolute Gasteiger partial charge is 0.328 e. The standard InChI is InChI=1S/C23H33N5O7/c1-11(2)18(27-20(31)15(24)10-29)22(33)26-17(21(32)28-19(12(3)30)23(34)35)8-13-9-25-16-7-5-4-6-14(13)16/h4-7,9,11-12,15,17-19,25,29-30H,8,10,24H2,1-3H3,(H,26,33)(H,27,31)(H,28,32)(H,34,35). The highest BCUT2D eigenvalue weighted by Gasteiger charge is 2.33. The summed E-state index contributed by atoms with van der Waals surface area (Å²) in [6.07, 6.45) is 0.300. The van der Waals surface area contributed by atoms with E-state index in [0.717, 1.165) is 10.9 Å². The van der Waals surface area contributed by atoms with Gasteiger partial charge in [-0.25, -0.2) is 4.79 Å². The predicted molar refractivity (Wildman–Crippen MR) is 127 cm³/mol. The molecule has 0 saturated carbocycles. The van der Waals surface area contributed by atoms with E-state index in [0.29, 0.717) is 5.56 Å². The van der Waals surface area contributed by atoms with Gasteiger partial charge < -0.3 is 42.0 Å². The first kappa shape index (κ1) is 27.8. The number of aromatic amines is 1. The first-order valence-corrected chi connectivity index (χ1v) is 11.2. The number of rotatable bonds is 12. The number of hydrogen-bond acceptors (Lipinski definition) is 7. The maximum absolute atomic E-state index is 13.1. The number of carbonyl (C=O) groups excluding carboxylic acids is 3. The van der Waals surface area contributed by atoms with Crippen LogP contribution < -0.4 is 21.7 Å². The summed E-state index contributed by atoms with van der Waals surface area (Å²) in [7, 11) is 0. The molecular formula is C23H33N5O7. The van der Waals surface area contributed by atoms with Crippen molar-refractivity contribution in [1.82, 2.24) is 20.9 Å². The third-order valence-corrected chi connectivity index (χ3v) is 5.56. The van der Waals surface area contributed by atoms with Gasteiger partial charge in [-0.15, -0.1) is 0 Å². The van der Waals surface area contributed by atoms with Crippen molar-refractivity contribution in [3.8, 4) is 0 Å². The Bertz CT molecular complexity index is 1050. The monoisotopic (exact) mass is 491 g/mol. The number of H-pyrrole nitrogens is 1. The molecule has 0 bridgehead atoms. The molecule has 12 nitrogen and oxygen atoms in total. The van der Waals surface area contributed by atoms with E-state index in [1.54, 1.807) is 20.0 Å². The molecule has 0 radical (unpaired) electrons. The van der Waals surface area contributed by atoms with Gasteiger partial charge in [-0.1, -0.05) is 32.0 Å². The number of nitrogens with one attached hydrogen (secondary N) is 4. The molecule has 35 heavy (non-hydrogen) atoms. The van der Waals surface area contributed by atoms with Gasteiger partial charge in [-0.2, -0.15) is 0 Å². The quantitative estimate of drug-likeness (QED) is 0.177. The van der Waals surface area contributed by atoms with E-state index in [2.05, 4.69) is 20.9 Å². The van der Waals surface area contributed by atoms with Gasteiger partial charge in [0.15, 0.2) is 6.04 Å². The van der Waals surface area contributed by atoms with Gasteiger partial charge >= 0.3 is 5.97 Å². The molecule has 2 rings (SSSR count). The SMILES string of the molecule is CC(C)C(NC(=O)C(N)CO)C(=O)NC(Cc1c[nH]c2ccccc12)C(=O)NC(C(=O)O)C(C)O. The van der Waals surface area contributed by atoms with Crippen LogP contribution in [0.25, 0.3) is 10.9 Å². The Morgan fingerprint density at radius 3 is 2.17 bits per heavy atom. The van der Waals surface area contributed by atoms with Crippen LogP contribution in [0, 0.1) is 5.92 Å². The second-order valence-electron chi connectivity index (χ2n) is 8.71. The molecule has 2 aromatic rings. The fraction of sp³-hybridized carbons (Fsp3) is 0.478. The minimum absolute atomic E-state index is 0.00263. The summed E-state index contributed by atoms with van der Waals surface area (Å²) in [6.45, 7) is 3.97. The summed E-state index contributed by atoms with van der Waals surface area (Å²) in [5.74, 6) is -4.08. The summed E-state index contributed by atoms with van der Waals surface area (Å²) >= 11 is 0. The second kappa shape index (κ2) is 12.3. The zero-order valence-electron chi connectivity index (χ0n) is 19.8. The molecule has 0 saturated heterocycles. The molecule has 9 N–H and O–H groups in total. The zero-order valence-corrected chi connectivity index (χ0v) is 19.8. The lowest BCUT2D eigenvalue weighted by atomic mass is 10.00. The van der Waals surface area contributed by atoms with Gasteiger partial charge in [0, 0.05) is 23.5 Å². The summed E-state index contributed by atoms with van der Waals surface area (Å²) < 4.78 is 0. The summed E-state index contributed by atoms with van der Waals surface area (Å²) in [6, 6.07) is 2.20. The van der Waals surface area contributed by atoms with Crippen LogP contribution in [0.15, 0.2) is 30.5 Å². The Morgan fingerprint density at radius 1 is 0.971 bits per heavy atom. The number of carbonyl (C=O) groups is 4. The molecule has 12 heteroatoms. The number of fused-ring (bicyclic) bond motifs is 1. The van der Waals surface area contributed by atoms with Crippen molar-refractivity contribution in [2.45, 2.75) is 57.5 Å². The molecule has 1 aromatic heterocycles. The molecular weight excluding hydrogens is 458 g/mol. The molecule has 0 fully saturated rings. The number of nitrogens with two attached hydrogens (primary N) is 1. The number of hydrogen-bond donors (Lipinski definition) is 8. The van der Waals surface area contributed by atoms with Gasteiger partial charge in [-0.05, 0) is 24.5 Å². The van der Waals surface area contributed by atoms with Crippen molar-refractivity contribution < 1.29 is 34.5 Å². The van der Waals surface area contributed by atoms with Crippen molar-refractivity contribution in [1.29, 1.82) is 0 Å². The molecule has 0 aliphatic carbocycles. The zero-order chi connectivity index (χ0) is 26.3. The van der Waals surface area contributed by atoms with E-state index in [-0.39, 0.29) is 6.42 Å². The first-order chi connectivity index (χ1) is 16.5. The molecule has 0 aliphatic rings. The minimum atomic E-state index is -1.59. The van der Waals surface area contributed by atoms with Gasteiger partial charge in [0.05, 0.1) is 12.7 Å². The van der Waals surface area contributed by atoms with Crippen LogP contribution >= 0.6 is 0 Å². The molecule has 5 unspecified atom stereocenters. The van der Waals surface area contributed by atoms with Crippen LogP contribution in [0.3, 0.4) is 0 Å². The van der Waals surface area contributed by atoms with Gasteiger partial charge in [0.2, 0.25) is 17.7 Å². The Morgan fingerprint density at radius 2 is 1.60 bits per heavy atom. The molecule has 0 spiro atoms. The molecule has 192 valence electrons. The fourth-order valence-corrected chi connectivity index (χ4v) is 3.51. The normalized spacial score (nSPS) is 15.6. The van der Waals surface area contributed by atoms with Crippen molar-refractivity contribution in [3.05, 3.63) is 36.0 Å². The largest absolute Gasteiger partial charge is 0.480 e. The van der Waals surface area contributed by atoms with E-state index < -0.39 is 66.5 Å². The minimum Gasteiger partial charge on any atom is -0.480 e. The lowest BCUT2D eigenvalue weighted by Gasteiger charge is -2.27. The van der Waals surface area contributed by atoms with Crippen LogP contribution in [-0.4, -0.2) is 80.9 Å². The van der Waals surface area contributed by atoms with E-state index in [9.17, 15) is 29.4 Å². The fourth-order valence-electron chi connectivity index (χ4n) is 3.51. The maximum atomic E-state index is 13.1. The van der Waals surface area contributed by atoms with Crippen molar-refractivity contribution in [2.24, 2.45) is 11.7 Å². The van der Waals surface area contributed by atoms with Crippen LogP contribution in [0.5, 0.6) is 0 Å². The van der Waals surface area contributed by atoms with Gasteiger partial charge in [-0.3, -0.25) is 14.4 Å². The van der Waals surface area contributed by atoms with Gasteiger partial charge in [0.25, 0.3) is 0 Å². The number of aromatic nitrogens is 1. The topological polar surface area (TPSA) is 207 Å². The summed E-state index contributed by atoms with van der Waals surface area (Å²) in [5.41, 5.74) is 7.03. The third kappa shape index (κ3) is 7.25. The maximum Gasteiger partial charge on any atom is 0.328 e. The average molecular weight is 492 g/mol. The van der Waals surface area contributed by atoms with Crippen LogP contribution in [0.2, 0.25) is 0 Å². The molecule has 1 heterocycles. The predicted octanol–water partition coefficient (Wildman–Crippen LogP) is -1.39. The van der Waals surface area contributed by atoms with Crippen LogP contribution in [-0.2, 0) is 25.6 Å². The number of amides is 3. The Hall–Kier alpha value is -3.48. The first-order valence-electron chi connectivity index (χ1n) is 11.2. The van der Waals surface area contributed by atoms with Crippen LogP contribution in [0.4, 0.5) is 0 Å². The number of aliphatic carboxylic acids is 1. The third-order valence-electron chi connectivity index (χ3n) is 5.56. The van der Waals surface area contributed by atoms with E-state index in [4.69, 9.17) is 10.8 Å². The highest BCUT2D eigenvalue weighted by atomic mass is 16.4. The lowest BCUT2D eigenvalue weighted by molar-refractivity contribution is -0.145. The Balaban J connectivity index is 2.32. The number of carboxylic acids is 1. The second-order valence-corrected chi connectivity index (χ2v) is 8.71. The van der Waals surface area contributed by atoms with Crippen molar-refractivity contribution in [3.63, 3.8) is 0 Å². The van der Waals surface area contributed by atoms with E-state index >= 15 is 0 Å². The van der Waals surface area contributed by atoms with Gasteiger partial charge in [0.1, 0.15) is 18.1 Å². The highest BCUT2D eigenvalue weighted by molar-refractivity contribution is 5.95. The van der Waals surface area contributed by atoms with E-state index in [1.807, 2.05) is 24.3 Å².